The predicted molar refractivity (Wildman–Crippen MR) is 86.5 cm³/mol. The van der Waals surface area contributed by atoms with Gasteiger partial charge in [-0.25, -0.2) is 0 Å². The lowest BCUT2D eigenvalue weighted by atomic mass is 10.0. The van der Waals surface area contributed by atoms with Crippen LogP contribution in [0.15, 0.2) is 40.9 Å². The van der Waals surface area contributed by atoms with Gasteiger partial charge in [0.15, 0.2) is 5.78 Å². The van der Waals surface area contributed by atoms with Gasteiger partial charge in [0.2, 0.25) is 0 Å². The van der Waals surface area contributed by atoms with Gasteiger partial charge in [0, 0.05) is 10.9 Å². The van der Waals surface area contributed by atoms with Crippen molar-refractivity contribution in [2.45, 2.75) is 13.3 Å². The lowest BCUT2D eigenvalue weighted by Gasteiger charge is -2.10. The molecule has 0 fully saturated rings. The Morgan fingerprint density at radius 1 is 1.10 bits per heavy atom. The molecule has 0 saturated heterocycles. The van der Waals surface area contributed by atoms with Crippen LogP contribution in [0.3, 0.4) is 0 Å². The predicted octanol–water partition coefficient (Wildman–Crippen LogP) is 4.20. The molecule has 0 atom stereocenters. The van der Waals surface area contributed by atoms with E-state index in [1.165, 1.54) is 0 Å². The molecule has 0 aliphatic rings. The van der Waals surface area contributed by atoms with E-state index in [2.05, 4.69) is 15.9 Å². The Morgan fingerprint density at radius 3 is 2.33 bits per heavy atom. The van der Waals surface area contributed by atoms with Gasteiger partial charge in [0.25, 0.3) is 0 Å². The molecule has 0 aromatic heterocycles. The van der Waals surface area contributed by atoms with E-state index < -0.39 is 0 Å². The maximum absolute atomic E-state index is 12.5. The van der Waals surface area contributed by atoms with Crippen LogP contribution in [0.1, 0.15) is 21.5 Å². The molecule has 0 aliphatic carbocycles. The number of benzene rings is 2. The minimum atomic E-state index is 0.0257. The molecule has 0 aliphatic heterocycles. The van der Waals surface area contributed by atoms with Crippen LogP contribution in [0, 0.1) is 6.92 Å². The van der Waals surface area contributed by atoms with Crippen molar-refractivity contribution in [3.63, 3.8) is 0 Å². The molecule has 0 radical (unpaired) electrons. The van der Waals surface area contributed by atoms with Crippen LogP contribution in [0.25, 0.3) is 0 Å². The number of hydrogen-bond acceptors (Lipinski definition) is 3. The monoisotopic (exact) mass is 348 g/mol. The average molecular weight is 349 g/mol. The summed E-state index contributed by atoms with van der Waals surface area (Å²) in [7, 11) is 3.20. The first-order chi connectivity index (χ1) is 10.0. The maximum atomic E-state index is 12.5. The Kier molecular flexibility index (Phi) is 5.02. The SMILES string of the molecule is COc1ccc(CC(=O)c2cc(Br)c(C)cc2OC)cc1. The number of carbonyl (C=O) groups excluding carboxylic acids is 1. The number of ketones is 1. The Bertz CT molecular complexity index is 648. The number of carbonyl (C=O) groups is 1. The highest BCUT2D eigenvalue weighted by molar-refractivity contribution is 9.10. The van der Waals surface area contributed by atoms with Crippen molar-refractivity contribution in [3.05, 3.63) is 57.6 Å². The van der Waals surface area contributed by atoms with E-state index in [-0.39, 0.29) is 5.78 Å². The third-order valence-electron chi connectivity index (χ3n) is 3.30. The van der Waals surface area contributed by atoms with Crippen molar-refractivity contribution in [3.8, 4) is 11.5 Å². The Hall–Kier alpha value is -1.81. The summed E-state index contributed by atoms with van der Waals surface area (Å²) in [5.41, 5.74) is 2.57. The van der Waals surface area contributed by atoms with Gasteiger partial charge < -0.3 is 9.47 Å². The normalized spacial score (nSPS) is 10.3. The molecule has 0 N–H and O–H groups in total. The number of Topliss-reactive ketones (excluding diaryl/α,β-unsaturated/α-hetero) is 1. The summed E-state index contributed by atoms with van der Waals surface area (Å²) in [6.07, 6.45) is 0.329. The molecule has 0 spiro atoms. The molecule has 2 aromatic carbocycles. The van der Waals surface area contributed by atoms with Crippen LogP contribution < -0.4 is 9.47 Å². The van der Waals surface area contributed by atoms with Crippen LogP contribution in [0.4, 0.5) is 0 Å². The standard InChI is InChI=1S/C17H17BrO3/c1-11-8-17(21-3)14(10-15(11)18)16(19)9-12-4-6-13(20-2)7-5-12/h4-8,10H,9H2,1-3H3. The molecule has 21 heavy (non-hydrogen) atoms. The van der Waals surface area contributed by atoms with E-state index in [0.717, 1.165) is 21.3 Å². The summed E-state index contributed by atoms with van der Waals surface area (Å²) in [6, 6.07) is 11.2. The first-order valence-corrected chi connectivity index (χ1v) is 7.34. The van der Waals surface area contributed by atoms with Gasteiger partial charge in [-0.15, -0.1) is 0 Å². The lowest BCUT2D eigenvalue weighted by molar-refractivity contribution is 0.0990. The Morgan fingerprint density at radius 2 is 1.76 bits per heavy atom. The largest absolute Gasteiger partial charge is 0.497 e. The number of ether oxygens (including phenoxy) is 2. The smallest absolute Gasteiger partial charge is 0.170 e. The molecule has 0 unspecified atom stereocenters. The maximum Gasteiger partial charge on any atom is 0.170 e. The van der Waals surface area contributed by atoms with Gasteiger partial charge in [0.05, 0.1) is 19.8 Å². The summed E-state index contributed by atoms with van der Waals surface area (Å²) in [4.78, 5) is 12.5. The highest BCUT2D eigenvalue weighted by Gasteiger charge is 2.15. The summed E-state index contributed by atoms with van der Waals surface area (Å²) in [5, 5.41) is 0. The molecule has 0 saturated carbocycles. The molecule has 0 amide bonds. The molecule has 0 bridgehead atoms. The van der Waals surface area contributed by atoms with Crippen molar-refractivity contribution < 1.29 is 14.3 Å². The van der Waals surface area contributed by atoms with Gasteiger partial charge in [-0.05, 0) is 42.3 Å². The molecule has 0 heterocycles. The van der Waals surface area contributed by atoms with Crippen molar-refractivity contribution in [1.29, 1.82) is 0 Å². The minimum Gasteiger partial charge on any atom is -0.497 e. The second-order valence-corrected chi connectivity index (χ2v) is 5.60. The fourth-order valence-corrected chi connectivity index (χ4v) is 2.41. The van der Waals surface area contributed by atoms with E-state index in [4.69, 9.17) is 9.47 Å². The second-order valence-electron chi connectivity index (χ2n) is 4.75. The van der Waals surface area contributed by atoms with E-state index in [0.29, 0.717) is 17.7 Å². The summed E-state index contributed by atoms with van der Waals surface area (Å²) in [5.74, 6) is 1.41. The summed E-state index contributed by atoms with van der Waals surface area (Å²) in [6.45, 7) is 1.96. The van der Waals surface area contributed by atoms with Gasteiger partial charge in [-0.3, -0.25) is 4.79 Å². The van der Waals surface area contributed by atoms with Crippen LogP contribution in [0.2, 0.25) is 0 Å². The van der Waals surface area contributed by atoms with Gasteiger partial charge in [-0.1, -0.05) is 28.1 Å². The third-order valence-corrected chi connectivity index (χ3v) is 4.16. The zero-order chi connectivity index (χ0) is 15.4. The van der Waals surface area contributed by atoms with Crippen LogP contribution >= 0.6 is 15.9 Å². The fourth-order valence-electron chi connectivity index (χ4n) is 2.07. The first kappa shape index (κ1) is 15.6. The Balaban J connectivity index is 2.25. The summed E-state index contributed by atoms with van der Waals surface area (Å²) >= 11 is 3.46. The number of aryl methyl sites for hydroxylation is 1. The first-order valence-electron chi connectivity index (χ1n) is 6.55. The number of methoxy groups -OCH3 is 2. The van der Waals surface area contributed by atoms with Crippen molar-refractivity contribution in [2.24, 2.45) is 0 Å². The van der Waals surface area contributed by atoms with Crippen molar-refractivity contribution >= 4 is 21.7 Å². The Labute approximate surface area is 133 Å². The lowest BCUT2D eigenvalue weighted by Crippen LogP contribution is -2.06. The second kappa shape index (κ2) is 6.76. The molecule has 2 rings (SSSR count). The highest BCUT2D eigenvalue weighted by atomic mass is 79.9. The van der Waals surface area contributed by atoms with E-state index in [1.54, 1.807) is 14.2 Å². The van der Waals surface area contributed by atoms with Crippen molar-refractivity contribution in [2.75, 3.05) is 14.2 Å². The van der Waals surface area contributed by atoms with E-state index >= 15 is 0 Å². The molecular weight excluding hydrogens is 332 g/mol. The molecular formula is C17H17BrO3. The number of rotatable bonds is 5. The topological polar surface area (TPSA) is 35.5 Å². The van der Waals surface area contributed by atoms with Crippen LogP contribution in [-0.4, -0.2) is 20.0 Å². The van der Waals surface area contributed by atoms with Crippen molar-refractivity contribution in [1.82, 2.24) is 0 Å². The zero-order valence-corrected chi connectivity index (χ0v) is 13.9. The third kappa shape index (κ3) is 3.64. The van der Waals surface area contributed by atoms with Crippen LogP contribution in [-0.2, 0) is 6.42 Å². The van der Waals surface area contributed by atoms with E-state index in [9.17, 15) is 4.79 Å². The zero-order valence-electron chi connectivity index (χ0n) is 12.3. The van der Waals surface area contributed by atoms with Crippen LogP contribution in [0.5, 0.6) is 11.5 Å². The average Bonchev–Trinajstić information content (AvgIpc) is 2.50. The molecule has 2 aromatic rings. The minimum absolute atomic E-state index is 0.0257. The van der Waals surface area contributed by atoms with Gasteiger partial charge in [0.1, 0.15) is 11.5 Å². The molecule has 110 valence electrons. The number of hydrogen-bond donors (Lipinski definition) is 0. The number of halogens is 1. The fraction of sp³-hybridized carbons (Fsp3) is 0.235. The molecule has 4 heteroatoms. The van der Waals surface area contributed by atoms with E-state index in [1.807, 2.05) is 43.3 Å². The quantitative estimate of drug-likeness (QED) is 0.759. The highest BCUT2D eigenvalue weighted by Crippen LogP contribution is 2.28. The summed E-state index contributed by atoms with van der Waals surface area (Å²) < 4.78 is 11.3. The molecule has 3 nitrogen and oxygen atoms in total. The van der Waals surface area contributed by atoms with Gasteiger partial charge in [-0.2, -0.15) is 0 Å². The van der Waals surface area contributed by atoms with Gasteiger partial charge >= 0.3 is 0 Å².